The van der Waals surface area contributed by atoms with E-state index >= 15 is 0 Å². The Hall–Kier alpha value is -0.860. The van der Waals surface area contributed by atoms with E-state index in [-0.39, 0.29) is 0 Å². The lowest BCUT2D eigenvalue weighted by molar-refractivity contribution is 0.269. The van der Waals surface area contributed by atoms with Gasteiger partial charge in [-0.2, -0.15) is 0 Å². The van der Waals surface area contributed by atoms with Crippen LogP contribution in [0.5, 0.6) is 0 Å². The van der Waals surface area contributed by atoms with Gasteiger partial charge in [0.05, 0.1) is 0 Å². The van der Waals surface area contributed by atoms with Gasteiger partial charge in [0.1, 0.15) is 0 Å². The van der Waals surface area contributed by atoms with Crippen molar-refractivity contribution in [3.8, 4) is 0 Å². The maximum absolute atomic E-state index is 3.88. The van der Waals surface area contributed by atoms with Gasteiger partial charge in [-0.15, -0.1) is 11.3 Å². The Morgan fingerprint density at radius 2 is 1.81 bits per heavy atom. The van der Waals surface area contributed by atoms with Gasteiger partial charge in [0.25, 0.3) is 0 Å². The van der Waals surface area contributed by atoms with Crippen LogP contribution in [0.2, 0.25) is 0 Å². The summed E-state index contributed by atoms with van der Waals surface area (Å²) in [4.78, 5) is 1.51. The predicted molar refractivity (Wildman–Crippen MR) is 94.1 cm³/mol. The van der Waals surface area contributed by atoms with E-state index in [9.17, 15) is 0 Å². The van der Waals surface area contributed by atoms with Crippen LogP contribution in [-0.4, -0.2) is 6.04 Å². The summed E-state index contributed by atoms with van der Waals surface area (Å²) in [7, 11) is 0. The first-order valence-corrected chi connectivity index (χ1v) is 9.22. The molecular formula is C19H27NS. The molecule has 21 heavy (non-hydrogen) atoms. The number of thiophene rings is 1. The average Bonchev–Trinajstić information content (AvgIpc) is 2.86. The number of hydrogen-bond acceptors (Lipinski definition) is 2. The van der Waals surface area contributed by atoms with Crippen molar-refractivity contribution in [1.29, 1.82) is 0 Å². The Bertz CT molecular complexity index is 595. The molecule has 1 aliphatic rings. The van der Waals surface area contributed by atoms with E-state index in [1.807, 2.05) is 11.3 Å². The highest BCUT2D eigenvalue weighted by atomic mass is 32.1. The van der Waals surface area contributed by atoms with E-state index in [0.29, 0.717) is 12.1 Å². The predicted octanol–water partition coefficient (Wildman–Crippen LogP) is 5.83. The third-order valence-corrected chi connectivity index (χ3v) is 6.60. The van der Waals surface area contributed by atoms with E-state index < -0.39 is 0 Å². The van der Waals surface area contributed by atoms with Crippen molar-refractivity contribution in [1.82, 2.24) is 5.32 Å². The number of aryl methyl sites for hydroxylation is 1. The molecule has 1 aromatic carbocycles. The summed E-state index contributed by atoms with van der Waals surface area (Å²) in [5.74, 6) is 0.871. The molecule has 2 unspecified atom stereocenters. The van der Waals surface area contributed by atoms with Gasteiger partial charge in [0, 0.05) is 21.7 Å². The van der Waals surface area contributed by atoms with Crippen LogP contribution < -0.4 is 5.32 Å². The minimum Gasteiger partial charge on any atom is -0.307 e. The average molecular weight is 301 g/mol. The van der Waals surface area contributed by atoms with Crippen LogP contribution in [-0.2, 0) is 0 Å². The molecule has 0 amide bonds. The third kappa shape index (κ3) is 3.17. The zero-order valence-corrected chi connectivity index (χ0v) is 14.3. The molecule has 1 aromatic heterocycles. The van der Waals surface area contributed by atoms with Crippen molar-refractivity contribution in [3.05, 3.63) is 34.7 Å². The number of nitrogens with one attached hydrogen (secondary N) is 1. The van der Waals surface area contributed by atoms with Crippen LogP contribution in [0.4, 0.5) is 0 Å². The first-order chi connectivity index (χ1) is 10.2. The van der Waals surface area contributed by atoms with Crippen molar-refractivity contribution in [3.63, 3.8) is 0 Å². The summed E-state index contributed by atoms with van der Waals surface area (Å²) in [5, 5.41) is 5.31. The molecule has 0 bridgehead atoms. The van der Waals surface area contributed by atoms with Gasteiger partial charge in [-0.25, -0.2) is 0 Å². The molecule has 0 saturated heterocycles. The normalized spacial score (nSPS) is 19.8. The second kappa shape index (κ2) is 6.50. The Labute approximate surface area is 132 Å². The van der Waals surface area contributed by atoms with Gasteiger partial charge in [-0.05, 0) is 56.5 Å². The number of hydrogen-bond donors (Lipinski definition) is 1. The standard InChI is InChI=1S/C19H27NS/c1-13-17-11-7-8-12-18(17)21-19(13)15(3)20-14(2)16-9-5-4-6-10-16/h7-8,11-12,14-16,20H,4-6,9-10H2,1-3H3. The number of fused-ring (bicyclic) bond motifs is 1. The maximum Gasteiger partial charge on any atom is 0.0391 e. The molecule has 1 aliphatic carbocycles. The van der Waals surface area contributed by atoms with Gasteiger partial charge in [-0.1, -0.05) is 37.5 Å². The molecule has 0 radical (unpaired) electrons. The lowest BCUT2D eigenvalue weighted by atomic mass is 9.84. The number of benzene rings is 1. The van der Waals surface area contributed by atoms with Crippen LogP contribution in [0.25, 0.3) is 10.1 Å². The van der Waals surface area contributed by atoms with E-state index in [2.05, 4.69) is 50.4 Å². The Kier molecular flexibility index (Phi) is 4.66. The molecule has 2 atom stereocenters. The molecule has 2 heteroatoms. The molecule has 1 N–H and O–H groups in total. The fourth-order valence-corrected chi connectivity index (χ4v) is 5.07. The first-order valence-electron chi connectivity index (χ1n) is 8.41. The van der Waals surface area contributed by atoms with Crippen LogP contribution in [0.15, 0.2) is 24.3 Å². The second-order valence-corrected chi connectivity index (χ2v) is 7.75. The topological polar surface area (TPSA) is 12.0 Å². The van der Waals surface area contributed by atoms with Crippen LogP contribution in [0, 0.1) is 12.8 Å². The van der Waals surface area contributed by atoms with Crippen molar-refractivity contribution in [2.45, 2.75) is 65.0 Å². The summed E-state index contributed by atoms with van der Waals surface area (Å²) in [6, 6.07) is 9.87. The Balaban J connectivity index is 1.74. The molecule has 3 rings (SSSR count). The molecule has 1 fully saturated rings. The fourth-order valence-electron chi connectivity index (χ4n) is 3.85. The quantitative estimate of drug-likeness (QED) is 0.749. The van der Waals surface area contributed by atoms with E-state index in [1.165, 1.54) is 52.6 Å². The SMILES string of the molecule is Cc1c(C(C)NC(C)C2CCCCC2)sc2ccccc12. The zero-order chi connectivity index (χ0) is 14.8. The Morgan fingerprint density at radius 1 is 1.10 bits per heavy atom. The summed E-state index contributed by atoms with van der Waals surface area (Å²) in [5.41, 5.74) is 1.46. The summed E-state index contributed by atoms with van der Waals surface area (Å²) < 4.78 is 1.42. The molecule has 1 heterocycles. The molecule has 2 aromatic rings. The highest BCUT2D eigenvalue weighted by Gasteiger charge is 2.23. The largest absolute Gasteiger partial charge is 0.307 e. The van der Waals surface area contributed by atoms with Crippen molar-refractivity contribution < 1.29 is 0 Å². The summed E-state index contributed by atoms with van der Waals surface area (Å²) in [6.07, 6.45) is 7.10. The van der Waals surface area contributed by atoms with Crippen molar-refractivity contribution in [2.75, 3.05) is 0 Å². The van der Waals surface area contributed by atoms with Gasteiger partial charge in [0.15, 0.2) is 0 Å². The minimum absolute atomic E-state index is 0.458. The van der Waals surface area contributed by atoms with Gasteiger partial charge in [0.2, 0.25) is 0 Å². The van der Waals surface area contributed by atoms with Gasteiger partial charge < -0.3 is 5.32 Å². The highest BCUT2D eigenvalue weighted by molar-refractivity contribution is 7.19. The van der Waals surface area contributed by atoms with E-state index in [1.54, 1.807) is 0 Å². The van der Waals surface area contributed by atoms with Crippen molar-refractivity contribution >= 4 is 21.4 Å². The van der Waals surface area contributed by atoms with Gasteiger partial charge >= 0.3 is 0 Å². The zero-order valence-electron chi connectivity index (χ0n) is 13.5. The highest BCUT2D eigenvalue weighted by Crippen LogP contribution is 2.35. The smallest absolute Gasteiger partial charge is 0.0391 e. The molecule has 0 spiro atoms. The molecule has 114 valence electrons. The van der Waals surface area contributed by atoms with Crippen LogP contribution in [0.3, 0.4) is 0 Å². The lowest BCUT2D eigenvalue weighted by Crippen LogP contribution is -2.36. The first kappa shape index (κ1) is 15.1. The Morgan fingerprint density at radius 3 is 2.52 bits per heavy atom. The van der Waals surface area contributed by atoms with Gasteiger partial charge in [-0.3, -0.25) is 0 Å². The minimum atomic E-state index is 0.458. The van der Waals surface area contributed by atoms with Crippen molar-refractivity contribution in [2.24, 2.45) is 5.92 Å². The maximum atomic E-state index is 3.88. The number of rotatable bonds is 4. The van der Waals surface area contributed by atoms with E-state index in [0.717, 1.165) is 5.92 Å². The molecule has 1 saturated carbocycles. The summed E-state index contributed by atoms with van der Waals surface area (Å²) in [6.45, 7) is 6.99. The van der Waals surface area contributed by atoms with Crippen LogP contribution >= 0.6 is 11.3 Å². The molecule has 0 aliphatic heterocycles. The summed E-state index contributed by atoms with van der Waals surface area (Å²) >= 11 is 1.96. The monoisotopic (exact) mass is 301 g/mol. The third-order valence-electron chi connectivity index (χ3n) is 5.14. The molecular weight excluding hydrogens is 274 g/mol. The fraction of sp³-hybridized carbons (Fsp3) is 0.579. The van der Waals surface area contributed by atoms with Crippen LogP contribution in [0.1, 0.15) is 62.4 Å². The van der Waals surface area contributed by atoms with E-state index in [4.69, 9.17) is 0 Å². The lowest BCUT2D eigenvalue weighted by Gasteiger charge is -2.30. The second-order valence-electron chi connectivity index (χ2n) is 6.66. The molecule has 1 nitrogen and oxygen atoms in total.